The summed E-state index contributed by atoms with van der Waals surface area (Å²) in [6.07, 6.45) is 0. The molecule has 2 aromatic rings. The minimum Gasteiger partial charge on any atom is -0.495 e. The maximum atomic E-state index is 13.5. The van der Waals surface area contributed by atoms with Crippen molar-refractivity contribution in [2.24, 2.45) is 0 Å². The molecule has 0 saturated carbocycles. The Morgan fingerprint density at radius 2 is 1.91 bits per heavy atom. The quantitative estimate of drug-likeness (QED) is 0.865. The lowest BCUT2D eigenvalue weighted by Gasteiger charge is -2.13. The molecule has 23 heavy (non-hydrogen) atoms. The Morgan fingerprint density at radius 1 is 1.26 bits per heavy atom. The topological polar surface area (TPSA) is 50.4 Å². The first-order valence-corrected chi connectivity index (χ1v) is 7.12. The summed E-state index contributed by atoms with van der Waals surface area (Å²) in [5, 5.41) is 5.55. The van der Waals surface area contributed by atoms with Crippen molar-refractivity contribution >= 4 is 28.9 Å². The summed E-state index contributed by atoms with van der Waals surface area (Å²) in [5.74, 6) is -1.62. The van der Waals surface area contributed by atoms with Gasteiger partial charge in [0.05, 0.1) is 19.3 Å². The number of rotatable bonds is 5. The third-order valence-electron chi connectivity index (χ3n) is 3.14. The largest absolute Gasteiger partial charge is 0.495 e. The number of benzene rings is 2. The van der Waals surface area contributed by atoms with Gasteiger partial charge in [-0.25, -0.2) is 8.78 Å². The Kier molecular flexibility index (Phi) is 5.39. The van der Waals surface area contributed by atoms with E-state index in [9.17, 15) is 13.6 Å². The summed E-state index contributed by atoms with van der Waals surface area (Å²) in [5.41, 5.74) is 0.841. The number of anilines is 2. The van der Waals surface area contributed by atoms with Crippen LogP contribution in [0.5, 0.6) is 5.75 Å². The molecule has 0 aliphatic heterocycles. The molecule has 2 rings (SSSR count). The molecule has 0 heterocycles. The standard InChI is InChI=1S/C16H15ClF2N2O2/c1-9-6-13(14(23-2)7-10(9)17)21-15(22)8-20-16-11(18)4-3-5-12(16)19/h3-7,20H,8H2,1-2H3,(H,21,22). The molecule has 0 atom stereocenters. The van der Waals surface area contributed by atoms with Gasteiger partial charge in [-0.2, -0.15) is 0 Å². The van der Waals surface area contributed by atoms with E-state index in [2.05, 4.69) is 10.6 Å². The van der Waals surface area contributed by atoms with Crippen LogP contribution >= 0.6 is 11.6 Å². The summed E-state index contributed by atoms with van der Waals surface area (Å²) in [6.45, 7) is 1.48. The van der Waals surface area contributed by atoms with Gasteiger partial charge in [0.15, 0.2) is 0 Å². The predicted octanol–water partition coefficient (Wildman–Crippen LogP) is 3.99. The van der Waals surface area contributed by atoms with Crippen molar-refractivity contribution in [3.63, 3.8) is 0 Å². The number of carbonyl (C=O) groups is 1. The fourth-order valence-corrected chi connectivity index (χ4v) is 2.11. The molecule has 0 bridgehead atoms. The van der Waals surface area contributed by atoms with Gasteiger partial charge < -0.3 is 15.4 Å². The Morgan fingerprint density at radius 3 is 2.52 bits per heavy atom. The van der Waals surface area contributed by atoms with Crippen LogP contribution in [0.3, 0.4) is 0 Å². The molecule has 0 aromatic heterocycles. The number of amides is 1. The second kappa shape index (κ2) is 7.28. The van der Waals surface area contributed by atoms with E-state index in [-0.39, 0.29) is 12.2 Å². The molecule has 0 saturated heterocycles. The smallest absolute Gasteiger partial charge is 0.243 e. The van der Waals surface area contributed by atoms with Crippen LogP contribution in [0.15, 0.2) is 30.3 Å². The maximum Gasteiger partial charge on any atom is 0.243 e. The molecule has 0 radical (unpaired) electrons. The number of ether oxygens (including phenoxy) is 1. The SMILES string of the molecule is COc1cc(Cl)c(C)cc1NC(=O)CNc1c(F)cccc1F. The normalized spacial score (nSPS) is 10.3. The summed E-state index contributed by atoms with van der Waals surface area (Å²) >= 11 is 5.99. The second-order valence-corrected chi connectivity index (χ2v) is 5.21. The van der Waals surface area contributed by atoms with Gasteiger partial charge in [0.25, 0.3) is 0 Å². The van der Waals surface area contributed by atoms with Gasteiger partial charge in [-0.1, -0.05) is 17.7 Å². The first-order valence-electron chi connectivity index (χ1n) is 6.74. The van der Waals surface area contributed by atoms with Crippen LogP contribution in [-0.2, 0) is 4.79 Å². The van der Waals surface area contributed by atoms with Crippen LogP contribution in [0.1, 0.15) is 5.56 Å². The molecular weight excluding hydrogens is 326 g/mol. The van der Waals surface area contributed by atoms with E-state index >= 15 is 0 Å². The van der Waals surface area contributed by atoms with Crippen LogP contribution in [0, 0.1) is 18.6 Å². The zero-order valence-electron chi connectivity index (χ0n) is 12.5. The van der Waals surface area contributed by atoms with Crippen LogP contribution in [-0.4, -0.2) is 19.6 Å². The van der Waals surface area contributed by atoms with Crippen LogP contribution in [0.2, 0.25) is 5.02 Å². The molecule has 2 N–H and O–H groups in total. The fourth-order valence-electron chi connectivity index (χ4n) is 1.96. The highest BCUT2D eigenvalue weighted by atomic mass is 35.5. The molecule has 1 amide bonds. The average molecular weight is 341 g/mol. The monoisotopic (exact) mass is 340 g/mol. The second-order valence-electron chi connectivity index (χ2n) is 4.80. The lowest BCUT2D eigenvalue weighted by molar-refractivity contribution is -0.114. The minimum absolute atomic E-state index is 0.303. The molecule has 4 nitrogen and oxygen atoms in total. The lowest BCUT2D eigenvalue weighted by atomic mass is 10.2. The number of methoxy groups -OCH3 is 1. The van der Waals surface area contributed by atoms with Crippen LogP contribution < -0.4 is 15.4 Å². The van der Waals surface area contributed by atoms with Gasteiger partial charge in [-0.05, 0) is 30.7 Å². The number of hydrogen-bond donors (Lipinski definition) is 2. The number of para-hydroxylation sites is 1. The Labute approximate surface area is 137 Å². The maximum absolute atomic E-state index is 13.5. The molecule has 0 spiro atoms. The molecule has 0 aliphatic rings. The highest BCUT2D eigenvalue weighted by Gasteiger charge is 2.12. The van der Waals surface area contributed by atoms with E-state index in [1.165, 1.54) is 13.2 Å². The number of carbonyl (C=O) groups excluding carboxylic acids is 1. The first kappa shape index (κ1) is 17.0. The summed E-state index contributed by atoms with van der Waals surface area (Å²) in [7, 11) is 1.45. The van der Waals surface area contributed by atoms with Gasteiger partial charge >= 0.3 is 0 Å². The Hall–Kier alpha value is -2.34. The molecule has 7 heteroatoms. The van der Waals surface area contributed by atoms with E-state index in [0.717, 1.165) is 17.7 Å². The van der Waals surface area contributed by atoms with Crippen molar-refractivity contribution < 1.29 is 18.3 Å². The molecular formula is C16H15ClF2N2O2. The van der Waals surface area contributed by atoms with E-state index < -0.39 is 17.5 Å². The van der Waals surface area contributed by atoms with Gasteiger partial charge in [0, 0.05) is 11.1 Å². The van der Waals surface area contributed by atoms with Gasteiger partial charge in [-0.3, -0.25) is 4.79 Å². The summed E-state index contributed by atoms with van der Waals surface area (Å²) in [4.78, 5) is 12.0. The van der Waals surface area contributed by atoms with E-state index in [4.69, 9.17) is 16.3 Å². The zero-order chi connectivity index (χ0) is 17.0. The average Bonchev–Trinajstić information content (AvgIpc) is 2.50. The van der Waals surface area contributed by atoms with Gasteiger partial charge in [-0.15, -0.1) is 0 Å². The highest BCUT2D eigenvalue weighted by molar-refractivity contribution is 6.31. The van der Waals surface area contributed by atoms with Crippen molar-refractivity contribution in [2.75, 3.05) is 24.3 Å². The zero-order valence-corrected chi connectivity index (χ0v) is 13.3. The molecule has 0 aliphatic carbocycles. The van der Waals surface area contributed by atoms with Crippen molar-refractivity contribution in [3.8, 4) is 5.75 Å². The van der Waals surface area contributed by atoms with Crippen molar-refractivity contribution in [2.45, 2.75) is 6.92 Å². The van der Waals surface area contributed by atoms with E-state index in [1.54, 1.807) is 19.1 Å². The molecule has 122 valence electrons. The molecule has 0 fully saturated rings. The summed E-state index contributed by atoms with van der Waals surface area (Å²) < 4.78 is 32.1. The van der Waals surface area contributed by atoms with E-state index in [0.29, 0.717) is 16.5 Å². The number of hydrogen-bond acceptors (Lipinski definition) is 3. The Bertz CT molecular complexity index is 718. The Balaban J connectivity index is 2.07. The minimum atomic E-state index is -0.766. The predicted molar refractivity (Wildman–Crippen MR) is 86.2 cm³/mol. The van der Waals surface area contributed by atoms with Crippen LogP contribution in [0.4, 0.5) is 20.2 Å². The van der Waals surface area contributed by atoms with E-state index in [1.807, 2.05) is 0 Å². The van der Waals surface area contributed by atoms with Crippen LogP contribution in [0.25, 0.3) is 0 Å². The molecule has 0 unspecified atom stereocenters. The number of halogens is 3. The van der Waals surface area contributed by atoms with Crippen molar-refractivity contribution in [1.29, 1.82) is 0 Å². The molecule has 2 aromatic carbocycles. The number of aryl methyl sites for hydroxylation is 1. The lowest BCUT2D eigenvalue weighted by Crippen LogP contribution is -2.23. The highest BCUT2D eigenvalue weighted by Crippen LogP contribution is 2.30. The first-order chi connectivity index (χ1) is 10.9. The third-order valence-corrected chi connectivity index (χ3v) is 3.55. The summed E-state index contributed by atoms with van der Waals surface area (Å²) in [6, 6.07) is 6.69. The third kappa shape index (κ3) is 4.10. The fraction of sp³-hybridized carbons (Fsp3) is 0.188. The van der Waals surface area contributed by atoms with Crippen molar-refractivity contribution in [3.05, 3.63) is 52.6 Å². The van der Waals surface area contributed by atoms with Gasteiger partial charge in [0.1, 0.15) is 23.1 Å². The van der Waals surface area contributed by atoms with Crippen molar-refractivity contribution in [1.82, 2.24) is 0 Å². The number of nitrogens with one attached hydrogen (secondary N) is 2. The van der Waals surface area contributed by atoms with Gasteiger partial charge in [0.2, 0.25) is 5.91 Å².